The summed E-state index contributed by atoms with van der Waals surface area (Å²) in [5.41, 5.74) is 2.11. The Balaban J connectivity index is 2.45. The molecule has 78 valence electrons. The van der Waals surface area contributed by atoms with Crippen LogP contribution in [0.25, 0.3) is 0 Å². The molecule has 0 fully saturated rings. The number of hydrogen-bond donors (Lipinski definition) is 0. The predicted octanol–water partition coefficient (Wildman–Crippen LogP) is 2.25. The highest BCUT2D eigenvalue weighted by molar-refractivity contribution is 6.12. The summed E-state index contributed by atoms with van der Waals surface area (Å²) in [6.07, 6.45) is 0.315. The van der Waals surface area contributed by atoms with Crippen LogP contribution in [0, 0.1) is 12.7 Å². The molecule has 4 heteroatoms. The first-order chi connectivity index (χ1) is 7.08. The van der Waals surface area contributed by atoms with Gasteiger partial charge in [-0.25, -0.2) is 9.40 Å². The molecule has 0 N–H and O–H groups in total. The van der Waals surface area contributed by atoms with E-state index in [4.69, 9.17) is 0 Å². The Hall–Kier alpha value is -1.71. The van der Waals surface area contributed by atoms with E-state index in [-0.39, 0.29) is 11.7 Å². The summed E-state index contributed by atoms with van der Waals surface area (Å²) < 4.78 is 13.0. The Bertz CT molecular complexity index is 454. The average molecular weight is 206 g/mol. The van der Waals surface area contributed by atoms with E-state index in [2.05, 4.69) is 5.10 Å². The maximum absolute atomic E-state index is 13.0. The zero-order valence-corrected chi connectivity index (χ0v) is 8.62. The number of benzene rings is 1. The maximum atomic E-state index is 13.0. The van der Waals surface area contributed by atoms with Crippen LogP contribution in [0.2, 0.25) is 0 Å². The van der Waals surface area contributed by atoms with Crippen molar-refractivity contribution in [1.29, 1.82) is 0 Å². The fourth-order valence-electron chi connectivity index (χ4n) is 1.55. The van der Waals surface area contributed by atoms with E-state index < -0.39 is 0 Å². The average Bonchev–Trinajstić information content (AvgIpc) is 2.50. The van der Waals surface area contributed by atoms with E-state index in [0.717, 1.165) is 11.3 Å². The quantitative estimate of drug-likeness (QED) is 0.693. The molecule has 15 heavy (non-hydrogen) atoms. The lowest BCUT2D eigenvalue weighted by Crippen LogP contribution is -2.20. The van der Waals surface area contributed by atoms with E-state index >= 15 is 0 Å². The van der Waals surface area contributed by atoms with Gasteiger partial charge in [-0.1, -0.05) is 6.07 Å². The highest BCUT2D eigenvalue weighted by Gasteiger charge is 2.24. The summed E-state index contributed by atoms with van der Waals surface area (Å²) in [5.74, 6) is -0.468. The number of rotatable bonds is 1. The molecule has 1 heterocycles. The third-order valence-electron chi connectivity index (χ3n) is 2.31. The fourth-order valence-corrected chi connectivity index (χ4v) is 1.55. The molecule has 0 spiro atoms. The fraction of sp³-hybridized carbons (Fsp3) is 0.273. The SMILES string of the molecule is CC1=NN(c2cc(F)ccc2C)C(=O)C1. The summed E-state index contributed by atoms with van der Waals surface area (Å²) in [6, 6.07) is 4.34. The van der Waals surface area contributed by atoms with Crippen molar-refractivity contribution in [3.8, 4) is 0 Å². The molecule has 0 radical (unpaired) electrons. The van der Waals surface area contributed by atoms with Crippen LogP contribution < -0.4 is 5.01 Å². The first kappa shape index (κ1) is 9.83. The number of hydrogen-bond acceptors (Lipinski definition) is 2. The number of hydrazone groups is 1. The van der Waals surface area contributed by atoms with Gasteiger partial charge in [0.1, 0.15) is 5.82 Å². The highest BCUT2D eigenvalue weighted by atomic mass is 19.1. The lowest BCUT2D eigenvalue weighted by atomic mass is 10.2. The van der Waals surface area contributed by atoms with Crippen molar-refractivity contribution in [2.75, 3.05) is 5.01 Å². The Kier molecular flexibility index (Phi) is 2.26. The van der Waals surface area contributed by atoms with Gasteiger partial charge >= 0.3 is 0 Å². The molecule has 0 atom stereocenters. The maximum Gasteiger partial charge on any atom is 0.253 e. The van der Waals surface area contributed by atoms with Gasteiger partial charge in [-0.2, -0.15) is 5.10 Å². The molecule has 1 amide bonds. The van der Waals surface area contributed by atoms with Crippen LogP contribution >= 0.6 is 0 Å². The van der Waals surface area contributed by atoms with Crippen molar-refractivity contribution < 1.29 is 9.18 Å². The molecule has 3 nitrogen and oxygen atoms in total. The summed E-state index contributed by atoms with van der Waals surface area (Å²) in [6.45, 7) is 3.61. The van der Waals surface area contributed by atoms with Crippen LogP contribution in [-0.2, 0) is 4.79 Å². The summed E-state index contributed by atoms with van der Waals surface area (Å²) in [7, 11) is 0. The van der Waals surface area contributed by atoms with Crippen molar-refractivity contribution in [2.24, 2.45) is 5.10 Å². The van der Waals surface area contributed by atoms with Gasteiger partial charge in [-0.3, -0.25) is 4.79 Å². The minimum absolute atomic E-state index is 0.110. The molecule has 0 unspecified atom stereocenters. The van der Waals surface area contributed by atoms with Crippen LogP contribution in [0.1, 0.15) is 18.9 Å². The summed E-state index contributed by atoms with van der Waals surface area (Å²) >= 11 is 0. The van der Waals surface area contributed by atoms with Crippen LogP contribution in [0.4, 0.5) is 10.1 Å². The second-order valence-electron chi connectivity index (χ2n) is 3.65. The lowest BCUT2D eigenvalue weighted by molar-refractivity contribution is -0.116. The molecular weight excluding hydrogens is 195 g/mol. The van der Waals surface area contributed by atoms with Gasteiger partial charge in [0.25, 0.3) is 5.91 Å². The number of amides is 1. The Morgan fingerprint density at radius 2 is 2.13 bits per heavy atom. The smallest absolute Gasteiger partial charge is 0.253 e. The second kappa shape index (κ2) is 3.46. The van der Waals surface area contributed by atoms with Gasteiger partial charge in [0.15, 0.2) is 0 Å². The van der Waals surface area contributed by atoms with E-state index in [9.17, 15) is 9.18 Å². The zero-order valence-electron chi connectivity index (χ0n) is 8.62. The molecule has 2 rings (SSSR count). The van der Waals surface area contributed by atoms with Crippen molar-refractivity contribution in [1.82, 2.24) is 0 Å². The molecule has 1 aromatic carbocycles. The van der Waals surface area contributed by atoms with Crippen molar-refractivity contribution in [2.45, 2.75) is 20.3 Å². The van der Waals surface area contributed by atoms with Gasteiger partial charge in [-0.15, -0.1) is 0 Å². The minimum atomic E-state index is -0.358. The van der Waals surface area contributed by atoms with Gasteiger partial charge in [0.2, 0.25) is 0 Å². The molecule has 1 aromatic rings. The normalized spacial score (nSPS) is 15.8. The molecule has 0 bridgehead atoms. The second-order valence-corrected chi connectivity index (χ2v) is 3.65. The molecule has 1 aliphatic heterocycles. The topological polar surface area (TPSA) is 32.7 Å². The number of anilines is 1. The van der Waals surface area contributed by atoms with E-state index in [1.54, 1.807) is 13.0 Å². The van der Waals surface area contributed by atoms with Gasteiger partial charge in [-0.05, 0) is 31.5 Å². The van der Waals surface area contributed by atoms with Crippen molar-refractivity contribution in [3.63, 3.8) is 0 Å². The Morgan fingerprint density at radius 3 is 2.73 bits per heavy atom. The Labute approximate surface area is 87.2 Å². The largest absolute Gasteiger partial charge is 0.272 e. The number of carbonyl (C=O) groups is 1. The molecule has 0 aromatic heterocycles. The van der Waals surface area contributed by atoms with Crippen LogP contribution in [0.5, 0.6) is 0 Å². The molecule has 0 aliphatic carbocycles. The number of carbonyl (C=O) groups excluding carboxylic acids is 1. The molecule has 0 saturated heterocycles. The number of aryl methyl sites for hydroxylation is 1. The van der Waals surface area contributed by atoms with Gasteiger partial charge < -0.3 is 0 Å². The predicted molar refractivity (Wildman–Crippen MR) is 56.3 cm³/mol. The molecule has 0 saturated carbocycles. The summed E-state index contributed by atoms with van der Waals surface area (Å²) in [4.78, 5) is 11.5. The number of halogens is 1. The summed E-state index contributed by atoms with van der Waals surface area (Å²) in [5, 5.41) is 5.35. The first-order valence-corrected chi connectivity index (χ1v) is 4.71. The highest BCUT2D eigenvalue weighted by Crippen LogP contribution is 2.25. The third kappa shape index (κ3) is 1.75. The van der Waals surface area contributed by atoms with Crippen LogP contribution in [-0.4, -0.2) is 11.6 Å². The standard InChI is InChI=1S/C11H11FN2O/c1-7-3-4-9(12)6-10(7)14-11(15)5-8(2)13-14/h3-4,6H,5H2,1-2H3. The number of nitrogens with zero attached hydrogens (tertiary/aromatic N) is 2. The molecule has 1 aliphatic rings. The van der Waals surface area contributed by atoms with E-state index in [1.807, 2.05) is 6.92 Å². The van der Waals surface area contributed by atoms with Crippen LogP contribution in [0.15, 0.2) is 23.3 Å². The van der Waals surface area contributed by atoms with Gasteiger partial charge in [0, 0.05) is 5.71 Å². The zero-order chi connectivity index (χ0) is 11.0. The van der Waals surface area contributed by atoms with E-state index in [1.165, 1.54) is 17.1 Å². The van der Waals surface area contributed by atoms with Gasteiger partial charge in [0.05, 0.1) is 12.1 Å². The lowest BCUT2D eigenvalue weighted by Gasteiger charge is -2.14. The third-order valence-corrected chi connectivity index (χ3v) is 2.31. The van der Waals surface area contributed by atoms with Crippen molar-refractivity contribution in [3.05, 3.63) is 29.6 Å². The minimum Gasteiger partial charge on any atom is -0.272 e. The Morgan fingerprint density at radius 1 is 1.40 bits per heavy atom. The monoisotopic (exact) mass is 206 g/mol. The van der Waals surface area contributed by atoms with Crippen LogP contribution in [0.3, 0.4) is 0 Å². The molecular formula is C11H11FN2O. The first-order valence-electron chi connectivity index (χ1n) is 4.71. The van der Waals surface area contributed by atoms with Crippen molar-refractivity contribution >= 4 is 17.3 Å². The van der Waals surface area contributed by atoms with E-state index in [0.29, 0.717) is 12.1 Å².